The summed E-state index contributed by atoms with van der Waals surface area (Å²) in [6.45, 7) is 8.81. The Labute approximate surface area is 125 Å². The zero-order chi connectivity index (χ0) is 15.8. The average molecular weight is 298 g/mol. The summed E-state index contributed by atoms with van der Waals surface area (Å²) in [5, 5.41) is 13.1. The van der Waals surface area contributed by atoms with Crippen LogP contribution in [0.3, 0.4) is 0 Å². The van der Waals surface area contributed by atoms with E-state index >= 15 is 0 Å². The quantitative estimate of drug-likeness (QED) is 0.901. The Morgan fingerprint density at radius 1 is 1.29 bits per heavy atom. The number of rotatable bonds is 3. The first-order valence-corrected chi connectivity index (χ1v) is 7.28. The lowest BCUT2D eigenvalue weighted by molar-refractivity contribution is 0.0839. The fourth-order valence-corrected chi connectivity index (χ4v) is 2.53. The third kappa shape index (κ3) is 4.14. The van der Waals surface area contributed by atoms with Crippen LogP contribution >= 0.6 is 0 Å². The topological polar surface area (TPSA) is 35.5 Å². The van der Waals surface area contributed by atoms with Gasteiger partial charge in [-0.2, -0.15) is 0 Å². The molecule has 1 aromatic rings. The molecule has 5 heteroatoms. The molecule has 1 aliphatic rings. The maximum Gasteiger partial charge on any atom is 0.149 e. The molecule has 1 aliphatic heterocycles. The lowest BCUT2D eigenvalue weighted by atomic mass is 10.1. The number of benzene rings is 1. The Kier molecular flexibility index (Phi) is 4.26. The molecule has 0 saturated carbocycles. The van der Waals surface area contributed by atoms with E-state index in [0.29, 0.717) is 25.1 Å². The van der Waals surface area contributed by atoms with Gasteiger partial charge in [0.1, 0.15) is 17.3 Å². The van der Waals surface area contributed by atoms with Gasteiger partial charge in [-0.15, -0.1) is 0 Å². The molecule has 1 aromatic carbocycles. The van der Waals surface area contributed by atoms with Crippen molar-refractivity contribution in [1.82, 2.24) is 5.32 Å². The van der Waals surface area contributed by atoms with Crippen LogP contribution in [0.15, 0.2) is 12.1 Å². The molecule has 1 unspecified atom stereocenters. The number of β-amino-alcohol motifs (C(OH)–C–C–N with tert-alkyl or cyclic N) is 1. The summed E-state index contributed by atoms with van der Waals surface area (Å²) in [7, 11) is 0. The molecule has 0 radical (unpaired) electrons. The highest BCUT2D eigenvalue weighted by atomic mass is 19.1. The Morgan fingerprint density at radius 2 is 1.86 bits per heavy atom. The van der Waals surface area contributed by atoms with Crippen molar-refractivity contribution in [2.75, 3.05) is 18.0 Å². The maximum absolute atomic E-state index is 14.2. The number of nitrogens with one attached hydrogen (secondary N) is 1. The largest absolute Gasteiger partial charge is 0.388 e. The van der Waals surface area contributed by atoms with Crippen LogP contribution in [0.25, 0.3) is 0 Å². The molecule has 1 atom stereocenters. The van der Waals surface area contributed by atoms with Crippen molar-refractivity contribution >= 4 is 5.69 Å². The average Bonchev–Trinajstić information content (AvgIpc) is 2.65. The molecule has 0 aromatic heterocycles. The van der Waals surface area contributed by atoms with Crippen molar-refractivity contribution in [1.29, 1.82) is 0 Å². The lowest BCUT2D eigenvalue weighted by Crippen LogP contribution is -2.35. The van der Waals surface area contributed by atoms with Gasteiger partial charge in [0.2, 0.25) is 0 Å². The molecule has 2 N–H and O–H groups in total. The monoisotopic (exact) mass is 298 g/mol. The second kappa shape index (κ2) is 5.54. The van der Waals surface area contributed by atoms with Crippen LogP contribution in [-0.4, -0.2) is 29.3 Å². The fraction of sp³-hybridized carbons (Fsp3) is 0.625. The Balaban J connectivity index is 2.18. The van der Waals surface area contributed by atoms with E-state index in [1.807, 2.05) is 20.8 Å². The lowest BCUT2D eigenvalue weighted by Gasteiger charge is -2.23. The molecule has 3 nitrogen and oxygen atoms in total. The molecule has 0 aliphatic carbocycles. The number of hydrogen-bond donors (Lipinski definition) is 2. The minimum Gasteiger partial charge on any atom is -0.388 e. The second-order valence-corrected chi connectivity index (χ2v) is 7.18. The molecular formula is C16H24F2N2O. The number of halogens is 2. The summed E-state index contributed by atoms with van der Waals surface area (Å²) in [6.07, 6.45) is 0.513. The van der Waals surface area contributed by atoms with Crippen LogP contribution in [0.5, 0.6) is 0 Å². The number of aliphatic hydroxyl groups is 1. The highest BCUT2D eigenvalue weighted by molar-refractivity contribution is 5.52. The van der Waals surface area contributed by atoms with Gasteiger partial charge >= 0.3 is 0 Å². The highest BCUT2D eigenvalue weighted by Gasteiger charge is 2.34. The minimum atomic E-state index is -0.884. The van der Waals surface area contributed by atoms with Gasteiger partial charge in [-0.25, -0.2) is 8.78 Å². The van der Waals surface area contributed by atoms with Crippen molar-refractivity contribution in [2.45, 2.75) is 51.8 Å². The van der Waals surface area contributed by atoms with Gasteiger partial charge in [-0.3, -0.25) is 0 Å². The van der Waals surface area contributed by atoms with Crippen molar-refractivity contribution in [2.24, 2.45) is 0 Å². The van der Waals surface area contributed by atoms with Gasteiger partial charge in [0, 0.05) is 25.2 Å². The maximum atomic E-state index is 14.2. The van der Waals surface area contributed by atoms with E-state index in [9.17, 15) is 13.9 Å². The Morgan fingerprint density at radius 3 is 2.29 bits per heavy atom. The van der Waals surface area contributed by atoms with Crippen LogP contribution in [0.2, 0.25) is 0 Å². The predicted octanol–water partition coefficient (Wildman–Crippen LogP) is 2.81. The molecule has 0 spiro atoms. The van der Waals surface area contributed by atoms with Crippen LogP contribution in [0, 0.1) is 11.6 Å². The van der Waals surface area contributed by atoms with Gasteiger partial charge in [0.05, 0.1) is 5.60 Å². The van der Waals surface area contributed by atoms with Crippen molar-refractivity contribution < 1.29 is 13.9 Å². The van der Waals surface area contributed by atoms with Gasteiger partial charge in [0.25, 0.3) is 0 Å². The molecule has 2 rings (SSSR count). The Hall–Kier alpha value is -1.20. The first-order chi connectivity index (χ1) is 9.57. The molecule has 0 amide bonds. The molecule has 0 bridgehead atoms. The fourth-order valence-electron chi connectivity index (χ4n) is 2.53. The smallest absolute Gasteiger partial charge is 0.149 e. The predicted molar refractivity (Wildman–Crippen MR) is 80.4 cm³/mol. The number of anilines is 1. The summed E-state index contributed by atoms with van der Waals surface area (Å²) < 4.78 is 28.5. The van der Waals surface area contributed by atoms with E-state index in [1.54, 1.807) is 11.8 Å². The summed E-state index contributed by atoms with van der Waals surface area (Å²) in [5.74, 6) is -1.14. The third-order valence-corrected chi connectivity index (χ3v) is 3.67. The molecule has 1 heterocycles. The summed E-state index contributed by atoms with van der Waals surface area (Å²) in [4.78, 5) is 1.58. The Bertz CT molecular complexity index is 500. The van der Waals surface area contributed by atoms with E-state index in [2.05, 4.69) is 5.32 Å². The van der Waals surface area contributed by atoms with Crippen LogP contribution in [0.1, 0.15) is 39.7 Å². The highest BCUT2D eigenvalue weighted by Crippen LogP contribution is 2.31. The number of nitrogens with zero attached hydrogens (tertiary/aromatic N) is 1. The summed E-state index contributed by atoms with van der Waals surface area (Å²) in [5.41, 5.74) is -0.452. The second-order valence-electron chi connectivity index (χ2n) is 7.18. The van der Waals surface area contributed by atoms with Crippen LogP contribution in [-0.2, 0) is 6.54 Å². The van der Waals surface area contributed by atoms with Crippen LogP contribution < -0.4 is 10.2 Å². The summed E-state index contributed by atoms with van der Waals surface area (Å²) in [6, 6.07) is 2.73. The zero-order valence-corrected chi connectivity index (χ0v) is 13.1. The van der Waals surface area contributed by atoms with Crippen LogP contribution in [0.4, 0.5) is 14.5 Å². The van der Waals surface area contributed by atoms with E-state index < -0.39 is 17.2 Å². The molecular weight excluding hydrogens is 274 g/mol. The third-order valence-electron chi connectivity index (χ3n) is 3.67. The first kappa shape index (κ1) is 16.2. The van der Waals surface area contributed by atoms with E-state index in [4.69, 9.17) is 0 Å². The minimum absolute atomic E-state index is 0.0349. The summed E-state index contributed by atoms with van der Waals surface area (Å²) >= 11 is 0. The normalized spacial score (nSPS) is 22.9. The van der Waals surface area contributed by atoms with Gasteiger partial charge in [-0.05, 0) is 51.8 Å². The van der Waals surface area contributed by atoms with Gasteiger partial charge in [-0.1, -0.05) is 0 Å². The first-order valence-electron chi connectivity index (χ1n) is 7.28. The van der Waals surface area contributed by atoms with E-state index in [0.717, 1.165) is 0 Å². The van der Waals surface area contributed by atoms with Gasteiger partial charge < -0.3 is 15.3 Å². The van der Waals surface area contributed by atoms with Gasteiger partial charge in [0.15, 0.2) is 0 Å². The standard InChI is InChI=1S/C16H24F2N2O/c1-15(2,3)19-9-11-7-12(17)14(13(18)8-11)20-6-5-16(4,21)10-20/h7-8,19,21H,5-6,9-10H2,1-4H3. The molecule has 1 saturated heterocycles. The van der Waals surface area contributed by atoms with E-state index in [-0.39, 0.29) is 17.8 Å². The molecule has 21 heavy (non-hydrogen) atoms. The SMILES string of the molecule is CC1(O)CCN(c2c(F)cc(CNC(C)(C)C)cc2F)C1. The zero-order valence-electron chi connectivity index (χ0n) is 13.1. The molecule has 118 valence electrons. The van der Waals surface area contributed by atoms with Crippen molar-refractivity contribution in [3.8, 4) is 0 Å². The van der Waals surface area contributed by atoms with Crippen molar-refractivity contribution in [3.63, 3.8) is 0 Å². The molecule has 1 fully saturated rings. The van der Waals surface area contributed by atoms with Crippen molar-refractivity contribution in [3.05, 3.63) is 29.3 Å². The van der Waals surface area contributed by atoms with E-state index in [1.165, 1.54) is 12.1 Å². The number of hydrogen-bond acceptors (Lipinski definition) is 3.